The molecular weight excluding hydrogens is 323 g/mol. The van der Waals surface area contributed by atoms with Crippen molar-refractivity contribution in [3.63, 3.8) is 0 Å². The van der Waals surface area contributed by atoms with Crippen LogP contribution in [0.25, 0.3) is 22.6 Å². The van der Waals surface area contributed by atoms with Crippen LogP contribution in [0, 0.1) is 0 Å². The van der Waals surface area contributed by atoms with E-state index in [1.165, 1.54) is 11.8 Å². The average Bonchev–Trinajstić information content (AvgIpc) is 2.89. The summed E-state index contributed by atoms with van der Waals surface area (Å²) in [5.41, 5.74) is 2.60. The highest BCUT2D eigenvalue weighted by Gasteiger charge is 2.17. The standard InChI is InChI=1S/C16H12Cl2N2O2/c1-9(21)20(2)14-5-3-10(17)7-12(14)16-19-13-8-11(18)4-6-15(13)22-16/h3-8H,1-2H3. The fourth-order valence-corrected chi connectivity index (χ4v) is 2.50. The highest BCUT2D eigenvalue weighted by Crippen LogP contribution is 2.34. The maximum Gasteiger partial charge on any atom is 0.229 e. The minimum absolute atomic E-state index is 0.0947. The molecule has 0 saturated carbocycles. The minimum Gasteiger partial charge on any atom is -0.436 e. The summed E-state index contributed by atoms with van der Waals surface area (Å²) in [6.45, 7) is 1.49. The van der Waals surface area contributed by atoms with E-state index in [0.29, 0.717) is 38.3 Å². The summed E-state index contributed by atoms with van der Waals surface area (Å²) < 4.78 is 5.77. The smallest absolute Gasteiger partial charge is 0.229 e. The number of amides is 1. The molecule has 0 radical (unpaired) electrons. The molecule has 0 N–H and O–H groups in total. The van der Waals surface area contributed by atoms with E-state index in [4.69, 9.17) is 27.6 Å². The number of hydrogen-bond acceptors (Lipinski definition) is 3. The maximum absolute atomic E-state index is 11.7. The van der Waals surface area contributed by atoms with Crippen LogP contribution in [-0.4, -0.2) is 17.9 Å². The van der Waals surface area contributed by atoms with E-state index in [0.717, 1.165) is 0 Å². The number of aromatic nitrogens is 1. The van der Waals surface area contributed by atoms with Crippen molar-refractivity contribution in [1.29, 1.82) is 0 Å². The third-order valence-corrected chi connectivity index (χ3v) is 3.84. The molecule has 3 rings (SSSR count). The van der Waals surface area contributed by atoms with E-state index in [1.54, 1.807) is 43.4 Å². The number of fused-ring (bicyclic) bond motifs is 1. The number of oxazole rings is 1. The molecule has 0 aliphatic rings. The van der Waals surface area contributed by atoms with Gasteiger partial charge in [0.1, 0.15) is 5.52 Å². The van der Waals surface area contributed by atoms with Gasteiger partial charge in [0.05, 0.1) is 11.3 Å². The van der Waals surface area contributed by atoms with Crippen LogP contribution in [0.3, 0.4) is 0 Å². The van der Waals surface area contributed by atoms with Gasteiger partial charge in [0.25, 0.3) is 0 Å². The molecule has 1 amide bonds. The molecule has 0 bridgehead atoms. The summed E-state index contributed by atoms with van der Waals surface area (Å²) in [5, 5.41) is 1.12. The lowest BCUT2D eigenvalue weighted by atomic mass is 10.1. The van der Waals surface area contributed by atoms with Crippen LogP contribution in [0.4, 0.5) is 5.69 Å². The molecule has 0 aliphatic carbocycles. The molecule has 1 heterocycles. The summed E-state index contributed by atoms with van der Waals surface area (Å²) in [6, 6.07) is 10.4. The van der Waals surface area contributed by atoms with Gasteiger partial charge in [-0.15, -0.1) is 0 Å². The number of nitrogens with zero attached hydrogens (tertiary/aromatic N) is 2. The van der Waals surface area contributed by atoms with Crippen molar-refractivity contribution in [3.8, 4) is 11.5 Å². The third kappa shape index (κ3) is 2.67. The highest BCUT2D eigenvalue weighted by atomic mass is 35.5. The van der Waals surface area contributed by atoms with Crippen molar-refractivity contribution >= 4 is 45.9 Å². The number of carbonyl (C=O) groups excluding carboxylic acids is 1. The Morgan fingerprint density at radius 1 is 1.14 bits per heavy atom. The molecule has 0 fully saturated rings. The van der Waals surface area contributed by atoms with E-state index in [2.05, 4.69) is 4.98 Å². The molecule has 0 aliphatic heterocycles. The summed E-state index contributed by atoms with van der Waals surface area (Å²) in [4.78, 5) is 17.6. The van der Waals surface area contributed by atoms with E-state index in [-0.39, 0.29) is 5.91 Å². The van der Waals surface area contributed by atoms with Gasteiger partial charge in [0, 0.05) is 24.0 Å². The summed E-state index contributed by atoms with van der Waals surface area (Å²) in [6.07, 6.45) is 0. The predicted octanol–water partition coefficient (Wildman–Crippen LogP) is 4.78. The van der Waals surface area contributed by atoms with Crippen molar-refractivity contribution in [3.05, 3.63) is 46.4 Å². The summed E-state index contributed by atoms with van der Waals surface area (Å²) in [7, 11) is 1.69. The number of rotatable bonds is 2. The second kappa shape index (κ2) is 5.63. The van der Waals surface area contributed by atoms with Crippen LogP contribution < -0.4 is 4.90 Å². The third-order valence-electron chi connectivity index (χ3n) is 3.37. The van der Waals surface area contributed by atoms with Gasteiger partial charge in [-0.05, 0) is 36.4 Å². The van der Waals surface area contributed by atoms with Crippen molar-refractivity contribution < 1.29 is 9.21 Å². The van der Waals surface area contributed by atoms with Gasteiger partial charge < -0.3 is 9.32 Å². The van der Waals surface area contributed by atoms with Gasteiger partial charge >= 0.3 is 0 Å². The first-order chi connectivity index (χ1) is 10.5. The first-order valence-electron chi connectivity index (χ1n) is 6.56. The summed E-state index contributed by atoms with van der Waals surface area (Å²) in [5.74, 6) is 0.297. The molecule has 0 atom stereocenters. The fraction of sp³-hybridized carbons (Fsp3) is 0.125. The van der Waals surface area contributed by atoms with Gasteiger partial charge in [0.2, 0.25) is 11.8 Å². The van der Waals surface area contributed by atoms with Crippen molar-refractivity contribution in [1.82, 2.24) is 4.98 Å². The second-order valence-electron chi connectivity index (χ2n) is 4.87. The van der Waals surface area contributed by atoms with Gasteiger partial charge in [0.15, 0.2) is 5.58 Å². The van der Waals surface area contributed by atoms with Crippen molar-refractivity contribution in [2.45, 2.75) is 6.92 Å². The Kier molecular flexibility index (Phi) is 3.81. The molecule has 0 unspecified atom stereocenters. The quantitative estimate of drug-likeness (QED) is 0.677. The lowest BCUT2D eigenvalue weighted by Gasteiger charge is -2.17. The molecule has 2 aromatic carbocycles. The number of anilines is 1. The Morgan fingerprint density at radius 2 is 1.82 bits per heavy atom. The van der Waals surface area contributed by atoms with Crippen LogP contribution >= 0.6 is 23.2 Å². The van der Waals surface area contributed by atoms with Crippen LogP contribution in [-0.2, 0) is 4.79 Å². The largest absolute Gasteiger partial charge is 0.436 e. The fourth-order valence-electron chi connectivity index (χ4n) is 2.16. The first kappa shape index (κ1) is 14.9. The van der Waals surface area contributed by atoms with E-state index in [1.807, 2.05) is 0 Å². The lowest BCUT2D eigenvalue weighted by Crippen LogP contribution is -2.23. The molecular formula is C16H12Cl2N2O2. The van der Waals surface area contributed by atoms with Gasteiger partial charge in [-0.3, -0.25) is 4.79 Å². The monoisotopic (exact) mass is 334 g/mol. The number of carbonyl (C=O) groups is 1. The zero-order valence-corrected chi connectivity index (χ0v) is 13.4. The minimum atomic E-state index is -0.0947. The van der Waals surface area contributed by atoms with Crippen LogP contribution in [0.2, 0.25) is 10.0 Å². The Labute approximate surface area is 137 Å². The van der Waals surface area contributed by atoms with Gasteiger partial charge in [-0.1, -0.05) is 23.2 Å². The molecule has 6 heteroatoms. The topological polar surface area (TPSA) is 46.3 Å². The lowest BCUT2D eigenvalue weighted by molar-refractivity contribution is -0.116. The van der Waals surface area contributed by atoms with Crippen molar-refractivity contribution in [2.24, 2.45) is 0 Å². The molecule has 1 aromatic heterocycles. The van der Waals surface area contributed by atoms with E-state index < -0.39 is 0 Å². The van der Waals surface area contributed by atoms with E-state index >= 15 is 0 Å². The Hall–Kier alpha value is -2.04. The molecule has 4 nitrogen and oxygen atoms in total. The van der Waals surface area contributed by atoms with Crippen LogP contribution in [0.1, 0.15) is 6.92 Å². The van der Waals surface area contributed by atoms with Crippen LogP contribution in [0.15, 0.2) is 40.8 Å². The average molecular weight is 335 g/mol. The number of hydrogen-bond donors (Lipinski definition) is 0. The number of benzene rings is 2. The van der Waals surface area contributed by atoms with Crippen LogP contribution in [0.5, 0.6) is 0 Å². The first-order valence-corrected chi connectivity index (χ1v) is 7.31. The molecule has 112 valence electrons. The van der Waals surface area contributed by atoms with Crippen molar-refractivity contribution in [2.75, 3.05) is 11.9 Å². The Bertz CT molecular complexity index is 874. The molecule has 22 heavy (non-hydrogen) atoms. The Balaban J connectivity index is 2.20. The highest BCUT2D eigenvalue weighted by molar-refractivity contribution is 6.31. The zero-order chi connectivity index (χ0) is 15.9. The predicted molar refractivity (Wildman–Crippen MR) is 88.5 cm³/mol. The molecule has 0 saturated heterocycles. The molecule has 3 aromatic rings. The molecule has 0 spiro atoms. The number of halogens is 2. The van der Waals surface area contributed by atoms with Gasteiger partial charge in [-0.2, -0.15) is 0 Å². The van der Waals surface area contributed by atoms with E-state index in [9.17, 15) is 4.79 Å². The Morgan fingerprint density at radius 3 is 2.55 bits per heavy atom. The summed E-state index contributed by atoms with van der Waals surface area (Å²) >= 11 is 12.0. The zero-order valence-electron chi connectivity index (χ0n) is 11.9. The second-order valence-corrected chi connectivity index (χ2v) is 5.74. The SMILES string of the molecule is CC(=O)N(C)c1ccc(Cl)cc1-c1nc2cc(Cl)ccc2o1. The normalized spacial score (nSPS) is 10.9. The maximum atomic E-state index is 11.7. The van der Waals surface area contributed by atoms with Gasteiger partial charge in [-0.25, -0.2) is 4.98 Å².